The van der Waals surface area contributed by atoms with E-state index in [2.05, 4.69) is 0 Å². The average molecular weight is 249 g/mol. The van der Waals surface area contributed by atoms with E-state index in [1.165, 1.54) is 0 Å². The minimum absolute atomic E-state index is 0.368. The Morgan fingerprint density at radius 2 is 1.85 bits per heavy atom. The van der Waals surface area contributed by atoms with Crippen molar-refractivity contribution in [2.45, 2.75) is 23.2 Å². The molecule has 0 aromatic carbocycles. The highest BCUT2D eigenvalue weighted by Gasteiger charge is 2.33. The standard InChI is InChI=1S/C8H16Cl3NO/c1-4-5-13-7(6-12(2)3)8(9,10)11/h7H,4-6H2,1-3H3. The van der Waals surface area contributed by atoms with E-state index >= 15 is 0 Å². The summed E-state index contributed by atoms with van der Waals surface area (Å²) in [5, 5.41) is 0. The van der Waals surface area contributed by atoms with Crippen LogP contribution >= 0.6 is 34.8 Å². The Balaban J connectivity index is 4.03. The number of halogens is 3. The molecule has 0 saturated heterocycles. The van der Waals surface area contributed by atoms with Crippen molar-refractivity contribution in [1.82, 2.24) is 4.90 Å². The van der Waals surface area contributed by atoms with Crippen molar-refractivity contribution in [3.8, 4) is 0 Å². The SMILES string of the molecule is CCCOC(CN(C)C)C(Cl)(Cl)Cl. The lowest BCUT2D eigenvalue weighted by molar-refractivity contribution is 0.0388. The van der Waals surface area contributed by atoms with E-state index in [0.29, 0.717) is 13.2 Å². The Bertz CT molecular complexity index is 136. The van der Waals surface area contributed by atoms with Crippen molar-refractivity contribution < 1.29 is 4.74 Å². The quantitative estimate of drug-likeness (QED) is 0.694. The minimum atomic E-state index is -1.35. The third-order valence-electron chi connectivity index (χ3n) is 1.42. The third-order valence-corrected chi connectivity index (χ3v) is 2.15. The van der Waals surface area contributed by atoms with Gasteiger partial charge in [0.2, 0.25) is 3.79 Å². The molecule has 0 amide bonds. The van der Waals surface area contributed by atoms with Gasteiger partial charge in [-0.2, -0.15) is 0 Å². The molecule has 0 rings (SSSR count). The summed E-state index contributed by atoms with van der Waals surface area (Å²) < 4.78 is 4.08. The van der Waals surface area contributed by atoms with Crippen LogP contribution in [0.25, 0.3) is 0 Å². The Labute approximate surface area is 95.1 Å². The van der Waals surface area contributed by atoms with Gasteiger partial charge in [-0.3, -0.25) is 0 Å². The number of nitrogens with zero attached hydrogens (tertiary/aromatic N) is 1. The van der Waals surface area contributed by atoms with Gasteiger partial charge in [0.15, 0.2) is 0 Å². The fraction of sp³-hybridized carbons (Fsp3) is 1.00. The van der Waals surface area contributed by atoms with Crippen LogP contribution in [0.4, 0.5) is 0 Å². The number of hydrogen-bond acceptors (Lipinski definition) is 2. The van der Waals surface area contributed by atoms with Crippen LogP contribution in [-0.2, 0) is 4.74 Å². The lowest BCUT2D eigenvalue weighted by Crippen LogP contribution is -2.38. The molecule has 0 radical (unpaired) electrons. The van der Waals surface area contributed by atoms with Crippen molar-refractivity contribution in [3.63, 3.8) is 0 Å². The summed E-state index contributed by atoms with van der Waals surface area (Å²) in [5.74, 6) is 0. The Morgan fingerprint density at radius 1 is 1.31 bits per heavy atom. The molecule has 0 aliphatic heterocycles. The molecule has 2 nitrogen and oxygen atoms in total. The zero-order chi connectivity index (χ0) is 10.5. The van der Waals surface area contributed by atoms with E-state index in [0.717, 1.165) is 6.42 Å². The summed E-state index contributed by atoms with van der Waals surface area (Å²) in [7, 11) is 3.83. The molecule has 0 aliphatic carbocycles. The van der Waals surface area contributed by atoms with Crippen LogP contribution in [0.3, 0.4) is 0 Å². The molecular formula is C8H16Cl3NO. The molecule has 1 atom stereocenters. The zero-order valence-corrected chi connectivity index (χ0v) is 10.5. The molecular weight excluding hydrogens is 232 g/mol. The first-order chi connectivity index (χ1) is 5.88. The number of hydrogen-bond donors (Lipinski definition) is 0. The molecule has 0 fully saturated rings. The Morgan fingerprint density at radius 3 is 2.15 bits per heavy atom. The van der Waals surface area contributed by atoms with E-state index in [1.54, 1.807) is 0 Å². The molecule has 1 unspecified atom stereocenters. The molecule has 0 bridgehead atoms. The summed E-state index contributed by atoms with van der Waals surface area (Å²) in [4.78, 5) is 1.93. The van der Waals surface area contributed by atoms with E-state index in [1.807, 2.05) is 25.9 Å². The van der Waals surface area contributed by atoms with Gasteiger partial charge in [0.25, 0.3) is 0 Å². The molecule has 0 aromatic heterocycles. The van der Waals surface area contributed by atoms with Gasteiger partial charge in [-0.05, 0) is 20.5 Å². The van der Waals surface area contributed by atoms with Crippen LogP contribution in [0.15, 0.2) is 0 Å². The summed E-state index contributed by atoms with van der Waals surface area (Å²) >= 11 is 17.3. The first-order valence-electron chi connectivity index (χ1n) is 4.21. The first kappa shape index (κ1) is 13.8. The van der Waals surface area contributed by atoms with E-state index < -0.39 is 3.79 Å². The molecule has 0 aromatic rings. The van der Waals surface area contributed by atoms with Gasteiger partial charge >= 0.3 is 0 Å². The first-order valence-corrected chi connectivity index (χ1v) is 5.34. The second-order valence-corrected chi connectivity index (χ2v) is 5.53. The lowest BCUT2D eigenvalue weighted by Gasteiger charge is -2.27. The molecule has 13 heavy (non-hydrogen) atoms. The highest BCUT2D eigenvalue weighted by atomic mass is 35.6. The smallest absolute Gasteiger partial charge is 0.217 e. The van der Waals surface area contributed by atoms with Crippen molar-refractivity contribution in [2.75, 3.05) is 27.2 Å². The number of rotatable bonds is 5. The fourth-order valence-electron chi connectivity index (χ4n) is 0.842. The van der Waals surface area contributed by atoms with E-state index in [4.69, 9.17) is 39.5 Å². The number of alkyl halides is 3. The van der Waals surface area contributed by atoms with Crippen LogP contribution in [0.1, 0.15) is 13.3 Å². The maximum absolute atomic E-state index is 5.76. The average Bonchev–Trinajstić information content (AvgIpc) is 1.95. The van der Waals surface area contributed by atoms with Gasteiger partial charge in [-0.25, -0.2) is 0 Å². The topological polar surface area (TPSA) is 12.5 Å². The van der Waals surface area contributed by atoms with Crippen LogP contribution in [0.5, 0.6) is 0 Å². The fourth-order valence-corrected chi connectivity index (χ4v) is 1.24. The van der Waals surface area contributed by atoms with E-state index in [9.17, 15) is 0 Å². The number of ether oxygens (including phenoxy) is 1. The summed E-state index contributed by atoms with van der Waals surface area (Å²) in [6.07, 6.45) is 0.553. The zero-order valence-electron chi connectivity index (χ0n) is 8.19. The summed E-state index contributed by atoms with van der Waals surface area (Å²) in [6, 6.07) is 0. The molecule has 5 heteroatoms. The van der Waals surface area contributed by atoms with Crippen molar-refractivity contribution in [1.29, 1.82) is 0 Å². The second-order valence-electron chi connectivity index (χ2n) is 3.16. The highest BCUT2D eigenvalue weighted by molar-refractivity contribution is 6.68. The second kappa shape index (κ2) is 6.31. The monoisotopic (exact) mass is 247 g/mol. The third kappa shape index (κ3) is 6.81. The lowest BCUT2D eigenvalue weighted by atomic mass is 10.3. The van der Waals surface area contributed by atoms with Crippen molar-refractivity contribution >= 4 is 34.8 Å². The molecule has 80 valence electrons. The predicted octanol–water partition coefficient (Wildman–Crippen LogP) is 2.71. The molecule has 0 N–H and O–H groups in total. The van der Waals surface area contributed by atoms with Gasteiger partial charge < -0.3 is 9.64 Å². The van der Waals surface area contributed by atoms with Crippen LogP contribution in [-0.4, -0.2) is 42.0 Å². The summed E-state index contributed by atoms with van der Waals surface area (Å²) in [5.41, 5.74) is 0. The predicted molar refractivity (Wildman–Crippen MR) is 58.9 cm³/mol. The minimum Gasteiger partial charge on any atom is -0.372 e. The maximum Gasteiger partial charge on any atom is 0.217 e. The molecule has 0 aliphatic rings. The number of likely N-dealkylation sites (N-methyl/N-ethyl adjacent to an activating group) is 1. The van der Waals surface area contributed by atoms with Gasteiger partial charge in [-0.1, -0.05) is 41.7 Å². The van der Waals surface area contributed by atoms with Crippen LogP contribution in [0.2, 0.25) is 0 Å². The van der Waals surface area contributed by atoms with Crippen LogP contribution < -0.4 is 0 Å². The van der Waals surface area contributed by atoms with Crippen LogP contribution in [0, 0.1) is 0 Å². The Hall–Kier alpha value is 0.790. The van der Waals surface area contributed by atoms with Gasteiger partial charge in [0, 0.05) is 13.2 Å². The van der Waals surface area contributed by atoms with Gasteiger partial charge in [0.05, 0.1) is 0 Å². The summed E-state index contributed by atoms with van der Waals surface area (Å²) in [6.45, 7) is 3.24. The van der Waals surface area contributed by atoms with Crippen molar-refractivity contribution in [2.24, 2.45) is 0 Å². The Kier molecular flexibility index (Phi) is 6.69. The highest BCUT2D eigenvalue weighted by Crippen LogP contribution is 2.32. The normalized spacial score (nSPS) is 15.0. The maximum atomic E-state index is 5.76. The van der Waals surface area contributed by atoms with Gasteiger partial charge in [-0.15, -0.1) is 0 Å². The molecule has 0 saturated carbocycles. The van der Waals surface area contributed by atoms with Gasteiger partial charge in [0.1, 0.15) is 6.10 Å². The molecule has 0 heterocycles. The van der Waals surface area contributed by atoms with E-state index in [-0.39, 0.29) is 6.10 Å². The van der Waals surface area contributed by atoms with Crippen molar-refractivity contribution in [3.05, 3.63) is 0 Å². The molecule has 0 spiro atoms. The largest absolute Gasteiger partial charge is 0.372 e.